The molecule has 18 heavy (non-hydrogen) atoms. The molecule has 0 aliphatic carbocycles. The quantitative estimate of drug-likeness (QED) is 0.635. The lowest BCUT2D eigenvalue weighted by Gasteiger charge is -2.07. The molecule has 1 aromatic heterocycles. The summed E-state index contributed by atoms with van der Waals surface area (Å²) in [6, 6.07) is 0. The van der Waals surface area contributed by atoms with Gasteiger partial charge in [0.15, 0.2) is 5.69 Å². The van der Waals surface area contributed by atoms with Crippen LogP contribution in [-0.2, 0) is 4.74 Å². The van der Waals surface area contributed by atoms with E-state index in [1.807, 2.05) is 0 Å². The third-order valence-corrected chi connectivity index (χ3v) is 2.58. The van der Waals surface area contributed by atoms with Crippen molar-refractivity contribution in [2.45, 2.75) is 27.2 Å². The van der Waals surface area contributed by atoms with Crippen LogP contribution in [0.3, 0.4) is 0 Å². The fourth-order valence-electron chi connectivity index (χ4n) is 1.35. The fourth-order valence-corrected chi connectivity index (χ4v) is 1.35. The molecule has 1 amide bonds. The lowest BCUT2D eigenvalue weighted by Crippen LogP contribution is -2.28. The summed E-state index contributed by atoms with van der Waals surface area (Å²) in [4.78, 5) is 11.7. The van der Waals surface area contributed by atoms with E-state index < -0.39 is 0 Å². The predicted octanol–water partition coefficient (Wildman–Crippen LogP) is 1.09. The summed E-state index contributed by atoms with van der Waals surface area (Å²) in [6.45, 7) is 7.75. The van der Waals surface area contributed by atoms with Gasteiger partial charge >= 0.3 is 0 Å². The third kappa shape index (κ3) is 4.37. The Morgan fingerprint density at radius 3 is 2.78 bits per heavy atom. The molecule has 4 N–H and O–H groups in total. The average molecular weight is 254 g/mol. The molecule has 0 fully saturated rings. The Morgan fingerprint density at radius 2 is 2.22 bits per heavy atom. The number of nitrogen functional groups attached to an aromatic ring is 1. The molecule has 0 saturated carbocycles. The SMILES string of the molecule is Cc1[nH]nc(C(=O)NCCOCCC(C)C)c1N. The van der Waals surface area contributed by atoms with Crippen LogP contribution in [0.25, 0.3) is 0 Å². The van der Waals surface area contributed by atoms with Crippen molar-refractivity contribution in [1.82, 2.24) is 15.5 Å². The maximum atomic E-state index is 11.7. The van der Waals surface area contributed by atoms with Crippen molar-refractivity contribution in [3.05, 3.63) is 11.4 Å². The number of nitrogens with two attached hydrogens (primary N) is 1. The molecule has 6 nitrogen and oxygen atoms in total. The van der Waals surface area contributed by atoms with Crippen LogP contribution in [-0.4, -0.2) is 35.9 Å². The number of hydrogen-bond acceptors (Lipinski definition) is 4. The third-order valence-electron chi connectivity index (χ3n) is 2.58. The standard InChI is InChI=1S/C12H22N4O2/c1-8(2)4-6-18-7-5-14-12(17)11-10(13)9(3)15-16-11/h8H,4-7,13H2,1-3H3,(H,14,17)(H,15,16). The van der Waals surface area contributed by atoms with Gasteiger partial charge in [-0.1, -0.05) is 13.8 Å². The minimum absolute atomic E-state index is 0.245. The summed E-state index contributed by atoms with van der Waals surface area (Å²) >= 11 is 0. The number of anilines is 1. The fraction of sp³-hybridized carbons (Fsp3) is 0.667. The summed E-state index contributed by atoms with van der Waals surface area (Å²) in [5.74, 6) is 0.357. The predicted molar refractivity (Wildman–Crippen MR) is 70.3 cm³/mol. The molecule has 0 aliphatic heterocycles. The van der Waals surface area contributed by atoms with Gasteiger partial charge in [0.2, 0.25) is 0 Å². The van der Waals surface area contributed by atoms with Gasteiger partial charge in [0.1, 0.15) is 0 Å². The number of ether oxygens (including phenoxy) is 1. The van der Waals surface area contributed by atoms with Gasteiger partial charge in [-0.05, 0) is 19.3 Å². The van der Waals surface area contributed by atoms with E-state index in [9.17, 15) is 4.79 Å². The monoisotopic (exact) mass is 254 g/mol. The molecule has 0 atom stereocenters. The van der Waals surface area contributed by atoms with Gasteiger partial charge in [-0.25, -0.2) is 0 Å². The Morgan fingerprint density at radius 1 is 1.50 bits per heavy atom. The first kappa shape index (κ1) is 14.5. The highest BCUT2D eigenvalue weighted by atomic mass is 16.5. The molecule has 1 rings (SSSR count). The molecule has 1 heterocycles. The number of rotatable bonds is 7. The highest BCUT2D eigenvalue weighted by Gasteiger charge is 2.14. The molecule has 0 bridgehead atoms. The Balaban J connectivity index is 2.20. The smallest absolute Gasteiger partial charge is 0.274 e. The first-order valence-electron chi connectivity index (χ1n) is 6.18. The Labute approximate surface area is 107 Å². The van der Waals surface area contributed by atoms with E-state index >= 15 is 0 Å². The van der Waals surface area contributed by atoms with Crippen LogP contribution in [0.15, 0.2) is 0 Å². The maximum Gasteiger partial charge on any atom is 0.274 e. The zero-order chi connectivity index (χ0) is 13.5. The van der Waals surface area contributed by atoms with Crippen molar-refractivity contribution in [3.8, 4) is 0 Å². The summed E-state index contributed by atoms with van der Waals surface area (Å²) in [6.07, 6.45) is 1.03. The van der Waals surface area contributed by atoms with E-state index in [1.165, 1.54) is 0 Å². The number of carbonyl (C=O) groups is 1. The van der Waals surface area contributed by atoms with Crippen LogP contribution in [0.4, 0.5) is 5.69 Å². The molecule has 0 spiro atoms. The number of amides is 1. The van der Waals surface area contributed by atoms with Crippen LogP contribution >= 0.6 is 0 Å². The number of aromatic nitrogens is 2. The topological polar surface area (TPSA) is 93.0 Å². The normalized spacial score (nSPS) is 10.9. The van der Waals surface area contributed by atoms with Crippen LogP contribution in [0.2, 0.25) is 0 Å². The van der Waals surface area contributed by atoms with Crippen LogP contribution in [0.1, 0.15) is 36.5 Å². The molecule has 0 aliphatic rings. The van der Waals surface area contributed by atoms with Gasteiger partial charge in [0.05, 0.1) is 18.0 Å². The minimum atomic E-state index is -0.274. The Bertz CT molecular complexity index is 387. The number of hydrogen-bond donors (Lipinski definition) is 3. The first-order chi connectivity index (χ1) is 8.52. The number of nitrogens with zero attached hydrogens (tertiary/aromatic N) is 1. The molecular formula is C12H22N4O2. The molecule has 1 aromatic rings. The Kier molecular flexibility index (Phi) is 5.64. The minimum Gasteiger partial charge on any atom is -0.395 e. The van der Waals surface area contributed by atoms with E-state index in [0.29, 0.717) is 30.5 Å². The number of aryl methyl sites for hydroxylation is 1. The highest BCUT2D eigenvalue weighted by molar-refractivity contribution is 5.97. The van der Waals surface area contributed by atoms with Crippen molar-refractivity contribution in [3.63, 3.8) is 0 Å². The summed E-state index contributed by atoms with van der Waals surface area (Å²) < 4.78 is 5.39. The highest BCUT2D eigenvalue weighted by Crippen LogP contribution is 2.11. The van der Waals surface area contributed by atoms with Crippen molar-refractivity contribution >= 4 is 11.6 Å². The van der Waals surface area contributed by atoms with Gasteiger partial charge < -0.3 is 15.8 Å². The number of H-pyrrole nitrogens is 1. The van der Waals surface area contributed by atoms with E-state index in [2.05, 4.69) is 29.4 Å². The Hall–Kier alpha value is -1.56. The van der Waals surface area contributed by atoms with E-state index in [1.54, 1.807) is 6.92 Å². The zero-order valence-corrected chi connectivity index (χ0v) is 11.2. The van der Waals surface area contributed by atoms with Crippen molar-refractivity contribution < 1.29 is 9.53 Å². The first-order valence-corrected chi connectivity index (χ1v) is 6.18. The second kappa shape index (κ2) is 7.00. The number of carbonyl (C=O) groups excluding carboxylic acids is 1. The number of nitrogens with one attached hydrogen (secondary N) is 2. The van der Waals surface area contributed by atoms with E-state index in [0.717, 1.165) is 13.0 Å². The van der Waals surface area contributed by atoms with Crippen molar-refractivity contribution in [2.75, 3.05) is 25.5 Å². The van der Waals surface area contributed by atoms with Crippen LogP contribution in [0.5, 0.6) is 0 Å². The van der Waals surface area contributed by atoms with E-state index in [-0.39, 0.29) is 11.6 Å². The molecule has 102 valence electrons. The van der Waals surface area contributed by atoms with Gasteiger partial charge in [-0.3, -0.25) is 9.89 Å². The number of aromatic amines is 1. The lowest BCUT2D eigenvalue weighted by molar-refractivity contribution is 0.0902. The average Bonchev–Trinajstić information content (AvgIpc) is 2.64. The summed E-state index contributed by atoms with van der Waals surface area (Å²) in [5, 5.41) is 9.24. The molecule has 0 unspecified atom stereocenters. The second-order valence-electron chi connectivity index (χ2n) is 4.66. The molecule has 0 radical (unpaired) electrons. The van der Waals surface area contributed by atoms with Gasteiger partial charge in [-0.2, -0.15) is 5.10 Å². The van der Waals surface area contributed by atoms with Gasteiger partial charge in [0, 0.05) is 13.2 Å². The molecular weight excluding hydrogens is 232 g/mol. The van der Waals surface area contributed by atoms with Crippen molar-refractivity contribution in [1.29, 1.82) is 0 Å². The molecule has 0 saturated heterocycles. The van der Waals surface area contributed by atoms with Crippen LogP contribution < -0.4 is 11.1 Å². The lowest BCUT2D eigenvalue weighted by atomic mass is 10.1. The molecule has 6 heteroatoms. The van der Waals surface area contributed by atoms with Gasteiger partial charge in [0.25, 0.3) is 5.91 Å². The van der Waals surface area contributed by atoms with Crippen molar-refractivity contribution in [2.24, 2.45) is 5.92 Å². The summed E-state index contributed by atoms with van der Waals surface area (Å²) in [7, 11) is 0. The summed E-state index contributed by atoms with van der Waals surface area (Å²) in [5.41, 5.74) is 7.05. The largest absolute Gasteiger partial charge is 0.395 e. The van der Waals surface area contributed by atoms with Crippen LogP contribution in [0, 0.1) is 12.8 Å². The zero-order valence-electron chi connectivity index (χ0n) is 11.2. The van der Waals surface area contributed by atoms with Gasteiger partial charge in [-0.15, -0.1) is 0 Å². The second-order valence-corrected chi connectivity index (χ2v) is 4.66. The molecule has 0 aromatic carbocycles. The maximum absolute atomic E-state index is 11.7. The van der Waals surface area contributed by atoms with E-state index in [4.69, 9.17) is 10.5 Å².